The van der Waals surface area contributed by atoms with Crippen LogP contribution in [0.1, 0.15) is 24.5 Å². The van der Waals surface area contributed by atoms with Gasteiger partial charge >= 0.3 is 18.2 Å². The van der Waals surface area contributed by atoms with Crippen LogP contribution in [0.3, 0.4) is 0 Å². The summed E-state index contributed by atoms with van der Waals surface area (Å²) in [4.78, 5) is 25.6. The molecule has 2 rings (SSSR count). The van der Waals surface area contributed by atoms with Gasteiger partial charge in [0, 0.05) is 31.9 Å². The molecule has 2 N–H and O–H groups in total. The molecule has 0 spiro atoms. The van der Waals surface area contributed by atoms with Crippen LogP contribution < -0.4 is 10.1 Å². The third-order valence-corrected chi connectivity index (χ3v) is 5.27. The number of benzene rings is 2. The molecule has 0 fully saturated rings. The van der Waals surface area contributed by atoms with E-state index in [-0.39, 0.29) is 39.1 Å². The first-order valence-corrected chi connectivity index (χ1v) is 11.9. The van der Waals surface area contributed by atoms with Crippen molar-refractivity contribution in [1.29, 1.82) is 0 Å². The van der Waals surface area contributed by atoms with E-state index in [2.05, 4.69) is 10.1 Å². The van der Waals surface area contributed by atoms with Crippen molar-refractivity contribution >= 4 is 17.7 Å². The van der Waals surface area contributed by atoms with Gasteiger partial charge < -0.3 is 29.5 Å². The van der Waals surface area contributed by atoms with Gasteiger partial charge in [0.05, 0.1) is 6.54 Å². The zero-order chi connectivity index (χ0) is 27.3. The molecule has 2 aromatic carbocycles. The number of carboxylic acid groups (broad SMARTS) is 1. The lowest BCUT2D eigenvalue weighted by Gasteiger charge is -2.24. The highest BCUT2D eigenvalue weighted by Gasteiger charge is 2.27. The summed E-state index contributed by atoms with van der Waals surface area (Å²) in [5.41, 5.74) is 2.27. The van der Waals surface area contributed by atoms with Crippen molar-refractivity contribution in [3.63, 3.8) is 0 Å². The van der Waals surface area contributed by atoms with Gasteiger partial charge in [0.2, 0.25) is 0 Å². The molecule has 1 unspecified atom stereocenters. The summed E-state index contributed by atoms with van der Waals surface area (Å²) in [6.45, 7) is 2.89. The number of halogens is 3. The summed E-state index contributed by atoms with van der Waals surface area (Å²) in [5, 5.41) is 12.0. The molecule has 0 aliphatic rings. The molecular formula is C26H33F3N2O6. The maximum absolute atomic E-state index is 12.9. The fourth-order valence-corrected chi connectivity index (χ4v) is 3.40. The van der Waals surface area contributed by atoms with Crippen LogP contribution in [0.25, 0.3) is 0 Å². The lowest BCUT2D eigenvalue weighted by molar-refractivity contribution is -0.174. The number of aliphatic carboxylic acids is 1. The van der Waals surface area contributed by atoms with Crippen molar-refractivity contribution in [1.82, 2.24) is 4.90 Å². The summed E-state index contributed by atoms with van der Waals surface area (Å²) in [5.74, 6) is -0.505. The van der Waals surface area contributed by atoms with Crippen LogP contribution in [0.2, 0.25) is 0 Å². The minimum absolute atomic E-state index is 0.140. The molecule has 37 heavy (non-hydrogen) atoms. The van der Waals surface area contributed by atoms with Gasteiger partial charge in [-0.1, -0.05) is 30.3 Å². The number of nitrogens with one attached hydrogen (secondary N) is 1. The van der Waals surface area contributed by atoms with Gasteiger partial charge in [-0.05, 0) is 49.6 Å². The Labute approximate surface area is 214 Å². The van der Waals surface area contributed by atoms with Crippen LogP contribution in [-0.4, -0.2) is 73.8 Å². The van der Waals surface area contributed by atoms with Crippen molar-refractivity contribution in [3.05, 3.63) is 59.7 Å². The summed E-state index contributed by atoms with van der Waals surface area (Å²) >= 11 is 0. The van der Waals surface area contributed by atoms with Crippen molar-refractivity contribution in [2.24, 2.45) is 0 Å². The molecule has 2 amide bonds. The number of amides is 2. The molecule has 0 radical (unpaired) electrons. The number of hydrogen-bond acceptors (Lipinski definition) is 5. The number of carboxylic acids is 1. The molecule has 11 heteroatoms. The zero-order valence-corrected chi connectivity index (χ0v) is 20.9. The van der Waals surface area contributed by atoms with Crippen molar-refractivity contribution in [3.8, 4) is 5.75 Å². The average molecular weight is 527 g/mol. The normalized spacial score (nSPS) is 12.1. The quantitative estimate of drug-likeness (QED) is 0.320. The van der Waals surface area contributed by atoms with Crippen molar-refractivity contribution in [2.45, 2.75) is 39.0 Å². The molecule has 0 aliphatic carbocycles. The van der Waals surface area contributed by atoms with Gasteiger partial charge in [0.25, 0.3) is 0 Å². The SMILES string of the molecule is CCOC(Cc1ccc(OCCN(CCCOCC(F)(F)F)C(=O)Nc2ccccc2C)cc1)C(=O)O. The summed E-state index contributed by atoms with van der Waals surface area (Å²) in [7, 11) is 0. The maximum atomic E-state index is 12.9. The number of carbonyl (C=O) groups is 2. The Morgan fingerprint density at radius 3 is 2.38 bits per heavy atom. The van der Waals surface area contributed by atoms with E-state index in [4.69, 9.17) is 9.47 Å². The molecule has 2 aromatic rings. The monoisotopic (exact) mass is 526 g/mol. The number of rotatable bonds is 15. The molecular weight excluding hydrogens is 493 g/mol. The van der Waals surface area contributed by atoms with Crippen LogP contribution in [0.4, 0.5) is 23.7 Å². The second-order valence-corrected chi connectivity index (χ2v) is 8.23. The van der Waals surface area contributed by atoms with Gasteiger partial charge in [0.15, 0.2) is 6.10 Å². The molecule has 0 saturated heterocycles. The van der Waals surface area contributed by atoms with Crippen LogP contribution in [-0.2, 0) is 20.7 Å². The molecule has 1 atom stereocenters. The Balaban J connectivity index is 1.92. The van der Waals surface area contributed by atoms with Crippen LogP contribution in [0, 0.1) is 6.92 Å². The van der Waals surface area contributed by atoms with E-state index < -0.39 is 30.9 Å². The number of ether oxygens (including phenoxy) is 3. The third-order valence-electron chi connectivity index (χ3n) is 5.27. The molecule has 8 nitrogen and oxygen atoms in total. The topological polar surface area (TPSA) is 97.3 Å². The number of urea groups is 1. The predicted molar refractivity (Wildman–Crippen MR) is 132 cm³/mol. The third kappa shape index (κ3) is 11.5. The zero-order valence-electron chi connectivity index (χ0n) is 20.9. The van der Waals surface area contributed by atoms with E-state index in [0.717, 1.165) is 11.1 Å². The second-order valence-electron chi connectivity index (χ2n) is 8.23. The fourth-order valence-electron chi connectivity index (χ4n) is 3.40. The van der Waals surface area contributed by atoms with Gasteiger partial charge in [-0.15, -0.1) is 0 Å². The Kier molecular flexibility index (Phi) is 12.2. The number of carbonyl (C=O) groups excluding carboxylic acids is 1. The first kappa shape index (κ1) is 29.9. The highest BCUT2D eigenvalue weighted by molar-refractivity contribution is 5.90. The van der Waals surface area contributed by atoms with E-state index in [1.807, 2.05) is 19.1 Å². The summed E-state index contributed by atoms with van der Waals surface area (Å²) in [6.07, 6.45) is -4.90. The summed E-state index contributed by atoms with van der Waals surface area (Å²) < 4.78 is 52.5. The van der Waals surface area contributed by atoms with E-state index in [1.165, 1.54) is 4.90 Å². The molecule has 0 heterocycles. The number of anilines is 1. The number of aryl methyl sites for hydroxylation is 1. The molecule has 0 saturated carbocycles. The second kappa shape index (κ2) is 15.1. The van der Waals surface area contributed by atoms with Crippen molar-refractivity contribution < 1.29 is 42.1 Å². The van der Waals surface area contributed by atoms with Crippen LogP contribution in [0.15, 0.2) is 48.5 Å². The van der Waals surface area contributed by atoms with E-state index in [9.17, 15) is 27.9 Å². The van der Waals surface area contributed by atoms with Crippen LogP contribution >= 0.6 is 0 Å². The lowest BCUT2D eigenvalue weighted by Crippen LogP contribution is -2.39. The fraction of sp³-hybridized carbons (Fsp3) is 0.462. The van der Waals surface area contributed by atoms with Gasteiger partial charge in [-0.2, -0.15) is 13.2 Å². The molecule has 204 valence electrons. The highest BCUT2D eigenvalue weighted by atomic mass is 19.4. The van der Waals surface area contributed by atoms with Gasteiger partial charge in [-0.25, -0.2) is 9.59 Å². The molecule has 0 aromatic heterocycles. The van der Waals surface area contributed by atoms with E-state index in [1.54, 1.807) is 43.3 Å². The standard InChI is InChI=1S/C26H33F3N2O6/c1-3-36-23(24(32)33)17-20-9-11-21(12-10-20)37-16-14-31(13-6-15-35-18-26(27,28)29)25(34)30-22-8-5-4-7-19(22)2/h4-5,7-12,23H,3,6,13-18H2,1-2H3,(H,30,34)(H,32,33). The molecule has 0 aliphatic heterocycles. The predicted octanol–water partition coefficient (Wildman–Crippen LogP) is 4.91. The average Bonchev–Trinajstić information content (AvgIpc) is 2.84. The minimum atomic E-state index is -4.40. The van der Waals surface area contributed by atoms with E-state index >= 15 is 0 Å². The number of hydrogen-bond donors (Lipinski definition) is 2. The van der Waals surface area contributed by atoms with Crippen molar-refractivity contribution in [2.75, 3.05) is 44.8 Å². The number of nitrogens with zero attached hydrogens (tertiary/aromatic N) is 1. The minimum Gasteiger partial charge on any atom is -0.492 e. The maximum Gasteiger partial charge on any atom is 0.411 e. The summed E-state index contributed by atoms with van der Waals surface area (Å²) in [6, 6.07) is 13.7. The first-order valence-electron chi connectivity index (χ1n) is 11.9. The Morgan fingerprint density at radius 2 is 1.76 bits per heavy atom. The number of alkyl halides is 3. The Bertz CT molecular complexity index is 985. The Morgan fingerprint density at radius 1 is 1.05 bits per heavy atom. The highest BCUT2D eigenvalue weighted by Crippen LogP contribution is 2.17. The Hall–Kier alpha value is -3.31. The smallest absolute Gasteiger partial charge is 0.411 e. The van der Waals surface area contributed by atoms with Crippen LogP contribution in [0.5, 0.6) is 5.75 Å². The lowest BCUT2D eigenvalue weighted by atomic mass is 10.1. The van der Waals surface area contributed by atoms with E-state index in [0.29, 0.717) is 18.0 Å². The largest absolute Gasteiger partial charge is 0.492 e. The molecule has 0 bridgehead atoms. The first-order chi connectivity index (χ1) is 17.6. The number of para-hydroxylation sites is 1. The van der Waals surface area contributed by atoms with Gasteiger partial charge in [-0.3, -0.25) is 0 Å². The van der Waals surface area contributed by atoms with Gasteiger partial charge in [0.1, 0.15) is 19.0 Å².